The van der Waals surface area contributed by atoms with Gasteiger partial charge in [-0.2, -0.15) is 0 Å². The monoisotopic (exact) mass is 342 g/mol. The highest BCUT2D eigenvalue weighted by Gasteiger charge is 2.30. The summed E-state index contributed by atoms with van der Waals surface area (Å²) >= 11 is 0. The Bertz CT molecular complexity index is 730. The Balaban J connectivity index is 1.37. The maximum Gasteiger partial charge on any atom is 0.251 e. The fourth-order valence-electron chi connectivity index (χ4n) is 3.37. The summed E-state index contributed by atoms with van der Waals surface area (Å²) < 4.78 is 7.40. The Morgan fingerprint density at radius 2 is 1.92 bits per heavy atom. The third-order valence-electron chi connectivity index (χ3n) is 4.83. The van der Waals surface area contributed by atoms with E-state index in [4.69, 9.17) is 4.74 Å². The molecule has 1 amide bonds. The Morgan fingerprint density at radius 3 is 2.52 bits per heavy atom. The van der Waals surface area contributed by atoms with Gasteiger partial charge in [0.25, 0.3) is 5.91 Å². The van der Waals surface area contributed by atoms with Crippen molar-refractivity contribution < 1.29 is 9.53 Å². The van der Waals surface area contributed by atoms with E-state index < -0.39 is 0 Å². The van der Waals surface area contributed by atoms with Crippen molar-refractivity contribution in [1.29, 1.82) is 0 Å². The third-order valence-corrected chi connectivity index (χ3v) is 4.83. The molecule has 2 aliphatic heterocycles. The van der Waals surface area contributed by atoms with Gasteiger partial charge in [-0.05, 0) is 31.9 Å². The lowest BCUT2D eigenvalue weighted by Gasteiger charge is -2.36. The molecule has 0 radical (unpaired) electrons. The lowest BCUT2D eigenvalue weighted by Crippen LogP contribution is -2.51. The normalized spacial score (nSPS) is 20.9. The van der Waals surface area contributed by atoms with E-state index in [1.165, 1.54) is 0 Å². The second-order valence-electron chi connectivity index (χ2n) is 6.41. The van der Waals surface area contributed by atoms with Gasteiger partial charge in [0.1, 0.15) is 11.9 Å². The first-order chi connectivity index (χ1) is 12.2. The van der Waals surface area contributed by atoms with Crippen molar-refractivity contribution in [2.45, 2.75) is 25.9 Å². The van der Waals surface area contributed by atoms with E-state index in [1.807, 2.05) is 34.7 Å². The van der Waals surface area contributed by atoms with Crippen LogP contribution < -0.4 is 4.90 Å². The number of rotatable bonds is 3. The molecule has 1 unspecified atom stereocenters. The molecule has 0 spiro atoms. The zero-order valence-corrected chi connectivity index (χ0v) is 14.3. The number of nitrogens with zero attached hydrogens (tertiary/aromatic N) is 6. The van der Waals surface area contributed by atoms with Gasteiger partial charge >= 0.3 is 0 Å². The van der Waals surface area contributed by atoms with Crippen molar-refractivity contribution in [3.05, 3.63) is 30.4 Å². The first kappa shape index (κ1) is 16.0. The molecular formula is C17H22N6O2. The first-order valence-corrected chi connectivity index (χ1v) is 8.72. The van der Waals surface area contributed by atoms with Crippen molar-refractivity contribution in [3.8, 4) is 5.82 Å². The Morgan fingerprint density at radius 1 is 1.16 bits per heavy atom. The molecule has 2 saturated heterocycles. The van der Waals surface area contributed by atoms with Crippen molar-refractivity contribution in [2.75, 3.05) is 37.7 Å². The minimum atomic E-state index is -0.232. The van der Waals surface area contributed by atoms with Gasteiger partial charge in [-0.1, -0.05) is 0 Å². The number of amides is 1. The molecule has 132 valence electrons. The lowest BCUT2D eigenvalue weighted by atomic mass is 10.2. The number of carbonyl (C=O) groups is 1. The molecule has 2 aromatic rings. The van der Waals surface area contributed by atoms with Crippen LogP contribution >= 0.6 is 0 Å². The molecule has 0 saturated carbocycles. The smallest absolute Gasteiger partial charge is 0.251 e. The summed E-state index contributed by atoms with van der Waals surface area (Å²) in [6, 6.07) is 3.92. The fourth-order valence-corrected chi connectivity index (χ4v) is 3.37. The van der Waals surface area contributed by atoms with E-state index in [2.05, 4.69) is 20.1 Å². The van der Waals surface area contributed by atoms with Crippen LogP contribution in [0.5, 0.6) is 0 Å². The molecule has 0 bridgehead atoms. The van der Waals surface area contributed by atoms with Gasteiger partial charge in [0.15, 0.2) is 11.6 Å². The van der Waals surface area contributed by atoms with E-state index in [9.17, 15) is 4.79 Å². The molecule has 8 nitrogen and oxygen atoms in total. The van der Waals surface area contributed by atoms with Gasteiger partial charge in [0.05, 0.1) is 0 Å². The molecular weight excluding hydrogens is 320 g/mol. The molecule has 4 heterocycles. The number of piperazine rings is 1. The predicted octanol–water partition coefficient (Wildman–Crippen LogP) is 0.798. The second-order valence-corrected chi connectivity index (χ2v) is 6.41. The molecule has 2 aromatic heterocycles. The number of aromatic nitrogens is 4. The number of imidazole rings is 1. The zero-order valence-electron chi connectivity index (χ0n) is 14.3. The minimum absolute atomic E-state index is 0.133. The Hall–Kier alpha value is -2.48. The average Bonchev–Trinajstić information content (AvgIpc) is 3.33. The van der Waals surface area contributed by atoms with Crippen LogP contribution in [0.4, 0.5) is 5.82 Å². The van der Waals surface area contributed by atoms with Gasteiger partial charge in [-0.25, -0.2) is 4.98 Å². The average molecular weight is 342 g/mol. The molecule has 8 heteroatoms. The standard InChI is InChI=1S/C17H22N6O2/c1-13-18-6-7-23(13)16-5-4-15(19-20-16)21-8-10-22(11-9-21)17(24)14-3-2-12-25-14/h4-7,14H,2-3,8-12H2,1H3. The van der Waals surface area contributed by atoms with Crippen LogP contribution in [0.1, 0.15) is 18.7 Å². The molecule has 0 N–H and O–H groups in total. The van der Waals surface area contributed by atoms with Gasteiger partial charge < -0.3 is 14.5 Å². The van der Waals surface area contributed by atoms with Crippen LogP contribution in [-0.4, -0.2) is 69.4 Å². The fraction of sp³-hybridized carbons (Fsp3) is 0.529. The largest absolute Gasteiger partial charge is 0.368 e. The Kier molecular flexibility index (Phi) is 4.35. The molecule has 2 fully saturated rings. The summed E-state index contributed by atoms with van der Waals surface area (Å²) in [6.45, 7) is 5.55. The van der Waals surface area contributed by atoms with E-state index in [1.54, 1.807) is 6.20 Å². The molecule has 1 atom stereocenters. The highest BCUT2D eigenvalue weighted by molar-refractivity contribution is 5.81. The second kappa shape index (κ2) is 6.79. The van der Waals surface area contributed by atoms with Crippen molar-refractivity contribution in [3.63, 3.8) is 0 Å². The summed E-state index contributed by atoms with van der Waals surface area (Å²) in [5.74, 6) is 2.61. The Labute approximate surface area is 146 Å². The number of anilines is 1. The summed E-state index contributed by atoms with van der Waals surface area (Å²) in [5.41, 5.74) is 0. The summed E-state index contributed by atoms with van der Waals surface area (Å²) in [7, 11) is 0. The quantitative estimate of drug-likeness (QED) is 0.821. The third kappa shape index (κ3) is 3.21. The molecule has 2 aliphatic rings. The molecule has 0 aliphatic carbocycles. The van der Waals surface area contributed by atoms with Crippen molar-refractivity contribution in [1.82, 2.24) is 24.6 Å². The number of hydrogen-bond donors (Lipinski definition) is 0. The highest BCUT2D eigenvalue weighted by atomic mass is 16.5. The minimum Gasteiger partial charge on any atom is -0.368 e. The summed E-state index contributed by atoms with van der Waals surface area (Å²) in [4.78, 5) is 20.7. The van der Waals surface area contributed by atoms with E-state index >= 15 is 0 Å². The maximum atomic E-state index is 12.4. The van der Waals surface area contributed by atoms with E-state index in [0.29, 0.717) is 19.7 Å². The van der Waals surface area contributed by atoms with E-state index in [-0.39, 0.29) is 12.0 Å². The van der Waals surface area contributed by atoms with Crippen LogP contribution in [0.25, 0.3) is 5.82 Å². The zero-order chi connectivity index (χ0) is 17.2. The highest BCUT2D eigenvalue weighted by Crippen LogP contribution is 2.18. The van der Waals surface area contributed by atoms with Crippen molar-refractivity contribution >= 4 is 11.7 Å². The number of hydrogen-bond acceptors (Lipinski definition) is 6. The van der Waals surface area contributed by atoms with Crippen LogP contribution in [0.3, 0.4) is 0 Å². The number of ether oxygens (including phenoxy) is 1. The molecule has 25 heavy (non-hydrogen) atoms. The number of aryl methyl sites for hydroxylation is 1. The SMILES string of the molecule is Cc1nccn1-c1ccc(N2CCN(C(=O)C3CCCO3)CC2)nn1. The predicted molar refractivity (Wildman–Crippen MR) is 91.7 cm³/mol. The maximum absolute atomic E-state index is 12.4. The van der Waals surface area contributed by atoms with E-state index in [0.717, 1.165) is 43.4 Å². The van der Waals surface area contributed by atoms with Crippen LogP contribution in [0, 0.1) is 6.92 Å². The van der Waals surface area contributed by atoms with Gasteiger partial charge in [-0.3, -0.25) is 9.36 Å². The van der Waals surface area contributed by atoms with Crippen LogP contribution in [0.2, 0.25) is 0 Å². The lowest BCUT2D eigenvalue weighted by molar-refractivity contribution is -0.141. The molecule has 4 rings (SSSR count). The van der Waals surface area contributed by atoms with Crippen LogP contribution in [0.15, 0.2) is 24.5 Å². The van der Waals surface area contributed by atoms with Crippen LogP contribution in [-0.2, 0) is 9.53 Å². The van der Waals surface area contributed by atoms with Gasteiger partial charge in [0, 0.05) is 45.2 Å². The topological polar surface area (TPSA) is 76.4 Å². The summed E-state index contributed by atoms with van der Waals surface area (Å²) in [5, 5.41) is 8.65. The van der Waals surface area contributed by atoms with Crippen molar-refractivity contribution in [2.24, 2.45) is 0 Å². The van der Waals surface area contributed by atoms with Gasteiger partial charge in [0.2, 0.25) is 0 Å². The number of carbonyl (C=O) groups excluding carboxylic acids is 1. The van der Waals surface area contributed by atoms with Gasteiger partial charge in [-0.15, -0.1) is 10.2 Å². The summed E-state index contributed by atoms with van der Waals surface area (Å²) in [6.07, 6.45) is 5.21. The first-order valence-electron chi connectivity index (χ1n) is 8.72. The molecule has 0 aromatic carbocycles.